The van der Waals surface area contributed by atoms with E-state index in [4.69, 9.17) is 13.6 Å². The first-order chi connectivity index (χ1) is 11.3. The molecule has 1 N–H and O–H groups in total. The van der Waals surface area contributed by atoms with Gasteiger partial charge in [-0.25, -0.2) is 4.98 Å². The average Bonchev–Trinajstić information content (AvgIpc) is 3.26. The molecule has 3 rings (SSSR count). The Morgan fingerprint density at radius 1 is 1.22 bits per heavy atom. The number of aromatic nitrogens is 1. The first kappa shape index (κ1) is 14.9. The summed E-state index contributed by atoms with van der Waals surface area (Å²) in [6.45, 7) is 0.460. The molecule has 6 nitrogen and oxygen atoms in total. The lowest BCUT2D eigenvalue weighted by Gasteiger charge is -2.04. The zero-order chi connectivity index (χ0) is 16.1. The lowest BCUT2D eigenvalue weighted by atomic mass is 10.1. The summed E-state index contributed by atoms with van der Waals surface area (Å²) in [5.41, 5.74) is 1.02. The highest BCUT2D eigenvalue weighted by Crippen LogP contribution is 2.25. The van der Waals surface area contributed by atoms with E-state index < -0.39 is 0 Å². The maximum Gasteiger partial charge on any atom is 0.273 e. The number of amides is 1. The Labute approximate surface area is 133 Å². The Hall–Kier alpha value is -3.02. The van der Waals surface area contributed by atoms with Crippen molar-refractivity contribution in [2.24, 2.45) is 0 Å². The predicted molar refractivity (Wildman–Crippen MR) is 83.2 cm³/mol. The summed E-state index contributed by atoms with van der Waals surface area (Å²) in [6.07, 6.45) is 3.49. The number of nitrogens with zero attached hydrogens (tertiary/aromatic N) is 1. The molecule has 0 aliphatic carbocycles. The number of hydrogen-bond donors (Lipinski definition) is 1. The van der Waals surface area contributed by atoms with E-state index in [-0.39, 0.29) is 11.6 Å². The number of ether oxygens (including phenoxy) is 1. The molecule has 0 fully saturated rings. The lowest BCUT2D eigenvalue weighted by Crippen LogP contribution is -2.26. The molecule has 2 aromatic heterocycles. The maximum atomic E-state index is 12.3. The summed E-state index contributed by atoms with van der Waals surface area (Å²) in [5, 5.41) is 2.81. The Kier molecular flexibility index (Phi) is 4.42. The van der Waals surface area contributed by atoms with Crippen molar-refractivity contribution in [1.29, 1.82) is 0 Å². The molecule has 1 amide bonds. The molecule has 1 aromatic carbocycles. The molecule has 3 aromatic rings. The van der Waals surface area contributed by atoms with E-state index in [1.165, 1.54) is 6.39 Å². The molecule has 0 radical (unpaired) electrons. The van der Waals surface area contributed by atoms with Gasteiger partial charge in [-0.1, -0.05) is 0 Å². The van der Waals surface area contributed by atoms with Gasteiger partial charge in [0.25, 0.3) is 5.91 Å². The number of oxazole rings is 1. The first-order valence-corrected chi connectivity index (χ1v) is 7.16. The topological polar surface area (TPSA) is 77.5 Å². The van der Waals surface area contributed by atoms with Gasteiger partial charge in [-0.2, -0.15) is 0 Å². The second-order valence-corrected chi connectivity index (χ2v) is 4.84. The summed E-state index contributed by atoms with van der Waals surface area (Å²) in [7, 11) is 1.60. The average molecular weight is 312 g/mol. The van der Waals surface area contributed by atoms with Gasteiger partial charge in [0.05, 0.1) is 13.4 Å². The van der Waals surface area contributed by atoms with E-state index in [2.05, 4.69) is 10.3 Å². The van der Waals surface area contributed by atoms with Gasteiger partial charge in [0.15, 0.2) is 17.8 Å². The zero-order valence-electron chi connectivity index (χ0n) is 12.6. The van der Waals surface area contributed by atoms with Crippen molar-refractivity contribution in [2.75, 3.05) is 13.7 Å². The van der Waals surface area contributed by atoms with Crippen LogP contribution in [0.3, 0.4) is 0 Å². The Balaban J connectivity index is 1.68. The fourth-order valence-corrected chi connectivity index (χ4v) is 2.19. The van der Waals surface area contributed by atoms with Crippen LogP contribution in [0, 0.1) is 0 Å². The van der Waals surface area contributed by atoms with Crippen LogP contribution in [0.15, 0.2) is 57.9 Å². The molecule has 0 bridgehead atoms. The molecule has 0 atom stereocenters. The van der Waals surface area contributed by atoms with E-state index >= 15 is 0 Å². The fraction of sp³-hybridized carbons (Fsp3) is 0.176. The fourth-order valence-electron chi connectivity index (χ4n) is 2.19. The third kappa shape index (κ3) is 3.42. The number of furan rings is 1. The van der Waals surface area contributed by atoms with Crippen molar-refractivity contribution in [3.05, 3.63) is 60.5 Å². The second-order valence-electron chi connectivity index (χ2n) is 4.84. The third-order valence-electron chi connectivity index (χ3n) is 3.37. The van der Waals surface area contributed by atoms with E-state index in [1.807, 2.05) is 24.3 Å². The van der Waals surface area contributed by atoms with Crippen LogP contribution in [0.5, 0.6) is 5.75 Å². The minimum atomic E-state index is -0.281. The highest BCUT2D eigenvalue weighted by Gasteiger charge is 2.18. The van der Waals surface area contributed by atoms with E-state index in [9.17, 15) is 4.79 Å². The number of hydrogen-bond acceptors (Lipinski definition) is 5. The molecule has 0 saturated carbocycles. The molecule has 23 heavy (non-hydrogen) atoms. The van der Waals surface area contributed by atoms with Crippen molar-refractivity contribution in [3.8, 4) is 17.1 Å². The molecular formula is C17H16N2O4. The largest absolute Gasteiger partial charge is 0.497 e. The normalized spacial score (nSPS) is 10.5. The van der Waals surface area contributed by atoms with Crippen molar-refractivity contribution in [2.45, 2.75) is 6.42 Å². The van der Waals surface area contributed by atoms with Crippen molar-refractivity contribution in [3.63, 3.8) is 0 Å². The molecule has 0 aliphatic heterocycles. The lowest BCUT2D eigenvalue weighted by molar-refractivity contribution is 0.0949. The number of rotatable bonds is 6. The Bertz CT molecular complexity index is 760. The van der Waals surface area contributed by atoms with Crippen molar-refractivity contribution >= 4 is 5.91 Å². The summed E-state index contributed by atoms with van der Waals surface area (Å²) < 4.78 is 15.7. The van der Waals surface area contributed by atoms with Crippen LogP contribution in [-0.4, -0.2) is 24.5 Å². The SMILES string of the molecule is COc1ccc(-c2ocnc2C(=O)NCCc2ccco2)cc1. The van der Waals surface area contributed by atoms with Gasteiger partial charge in [-0.05, 0) is 36.4 Å². The monoisotopic (exact) mass is 312 g/mol. The number of nitrogens with one attached hydrogen (secondary N) is 1. The highest BCUT2D eigenvalue weighted by atomic mass is 16.5. The second kappa shape index (κ2) is 6.83. The van der Waals surface area contributed by atoms with Crippen LogP contribution in [0.25, 0.3) is 11.3 Å². The number of carbonyl (C=O) groups excluding carboxylic acids is 1. The molecule has 2 heterocycles. The predicted octanol–water partition coefficient (Wildman–Crippen LogP) is 2.92. The number of methoxy groups -OCH3 is 1. The zero-order valence-corrected chi connectivity index (χ0v) is 12.6. The highest BCUT2D eigenvalue weighted by molar-refractivity contribution is 5.97. The van der Waals surface area contributed by atoms with Gasteiger partial charge >= 0.3 is 0 Å². The van der Waals surface area contributed by atoms with E-state index in [0.717, 1.165) is 17.1 Å². The molecule has 0 unspecified atom stereocenters. The molecule has 0 spiro atoms. The third-order valence-corrected chi connectivity index (χ3v) is 3.37. The van der Waals surface area contributed by atoms with Crippen LogP contribution < -0.4 is 10.1 Å². The molecule has 0 aliphatic rings. The van der Waals surface area contributed by atoms with Crippen LogP contribution >= 0.6 is 0 Å². The van der Waals surface area contributed by atoms with E-state index in [0.29, 0.717) is 18.7 Å². The van der Waals surface area contributed by atoms with Gasteiger partial charge in [0.1, 0.15) is 11.5 Å². The van der Waals surface area contributed by atoms with Gasteiger partial charge in [-0.15, -0.1) is 0 Å². The van der Waals surface area contributed by atoms with Gasteiger partial charge < -0.3 is 18.9 Å². The van der Waals surface area contributed by atoms with Crippen molar-refractivity contribution in [1.82, 2.24) is 10.3 Å². The first-order valence-electron chi connectivity index (χ1n) is 7.16. The summed E-state index contributed by atoms with van der Waals surface area (Å²) in [5.74, 6) is 1.71. The molecule has 118 valence electrons. The smallest absolute Gasteiger partial charge is 0.273 e. The maximum absolute atomic E-state index is 12.3. The molecular weight excluding hydrogens is 296 g/mol. The molecule has 0 saturated heterocycles. The van der Waals surface area contributed by atoms with Crippen LogP contribution in [0.4, 0.5) is 0 Å². The van der Waals surface area contributed by atoms with Gasteiger partial charge in [0.2, 0.25) is 0 Å². The quantitative estimate of drug-likeness (QED) is 0.757. The molecule has 6 heteroatoms. The number of benzene rings is 1. The standard InChI is InChI=1S/C17H16N2O4/c1-21-13-6-4-12(5-7-13)16-15(19-11-23-16)17(20)18-9-8-14-3-2-10-22-14/h2-7,10-11H,8-9H2,1H3,(H,18,20). The van der Waals surface area contributed by atoms with Crippen LogP contribution in [-0.2, 0) is 6.42 Å². The minimum Gasteiger partial charge on any atom is -0.497 e. The van der Waals surface area contributed by atoms with Crippen molar-refractivity contribution < 1.29 is 18.4 Å². The Morgan fingerprint density at radius 2 is 2.04 bits per heavy atom. The minimum absolute atomic E-state index is 0.259. The van der Waals surface area contributed by atoms with E-state index in [1.54, 1.807) is 25.5 Å². The number of carbonyl (C=O) groups is 1. The Morgan fingerprint density at radius 3 is 2.74 bits per heavy atom. The van der Waals surface area contributed by atoms with Gasteiger partial charge in [-0.3, -0.25) is 4.79 Å². The van der Waals surface area contributed by atoms with Crippen LogP contribution in [0.1, 0.15) is 16.2 Å². The van der Waals surface area contributed by atoms with Crippen LogP contribution in [0.2, 0.25) is 0 Å². The summed E-state index contributed by atoms with van der Waals surface area (Å²) in [6, 6.07) is 10.9. The summed E-state index contributed by atoms with van der Waals surface area (Å²) >= 11 is 0. The van der Waals surface area contributed by atoms with Gasteiger partial charge in [0, 0.05) is 18.5 Å². The summed E-state index contributed by atoms with van der Waals surface area (Å²) in [4.78, 5) is 16.3.